The molecule has 0 aromatic carbocycles. The predicted molar refractivity (Wildman–Crippen MR) is 82.9 cm³/mol. The summed E-state index contributed by atoms with van der Waals surface area (Å²) in [5, 5.41) is 25.6. The summed E-state index contributed by atoms with van der Waals surface area (Å²) in [6.07, 6.45) is 2.89. The lowest BCUT2D eigenvalue weighted by molar-refractivity contribution is -0.120. The van der Waals surface area contributed by atoms with E-state index in [1.165, 1.54) is 23.7 Å². The molecule has 2 aromatic heterocycles. The Morgan fingerprint density at radius 1 is 1.50 bits per heavy atom. The van der Waals surface area contributed by atoms with E-state index < -0.39 is 0 Å². The first-order valence-corrected chi connectivity index (χ1v) is 7.40. The molecule has 116 valence electrons. The fraction of sp³-hybridized carbons (Fsp3) is 0.286. The van der Waals surface area contributed by atoms with Crippen LogP contribution in [0.5, 0.6) is 5.75 Å². The van der Waals surface area contributed by atoms with Gasteiger partial charge in [-0.05, 0) is 13.8 Å². The number of nitrogens with one attached hydrogen (secondary N) is 1. The Morgan fingerprint density at radius 3 is 2.91 bits per heavy atom. The van der Waals surface area contributed by atoms with Gasteiger partial charge in [0.05, 0.1) is 24.9 Å². The van der Waals surface area contributed by atoms with Gasteiger partial charge < -0.3 is 10.2 Å². The van der Waals surface area contributed by atoms with E-state index in [0.717, 1.165) is 5.69 Å². The van der Waals surface area contributed by atoms with Crippen LogP contribution in [0.4, 0.5) is 0 Å². The molecule has 0 radical (unpaired) electrons. The first kappa shape index (κ1) is 16.1. The number of hydrazone groups is 1. The SMILES string of the molecule is Cc1csc(CC(=O)N/N=C/c2c(CO)cnc(C)c2O)n1. The van der Waals surface area contributed by atoms with Gasteiger partial charge in [-0.2, -0.15) is 5.10 Å². The van der Waals surface area contributed by atoms with Crippen LogP contribution < -0.4 is 5.43 Å². The van der Waals surface area contributed by atoms with Crippen LogP contribution in [0, 0.1) is 13.8 Å². The van der Waals surface area contributed by atoms with Crippen molar-refractivity contribution in [3.05, 3.63) is 39.1 Å². The van der Waals surface area contributed by atoms with E-state index >= 15 is 0 Å². The number of aliphatic hydroxyl groups is 1. The Kier molecular flexibility index (Phi) is 5.18. The van der Waals surface area contributed by atoms with Crippen LogP contribution in [-0.4, -0.2) is 32.3 Å². The Labute approximate surface area is 131 Å². The molecule has 0 spiro atoms. The third-order valence-electron chi connectivity index (χ3n) is 2.89. The van der Waals surface area contributed by atoms with E-state index in [1.54, 1.807) is 6.92 Å². The second kappa shape index (κ2) is 7.10. The number of nitrogens with zero attached hydrogens (tertiary/aromatic N) is 3. The van der Waals surface area contributed by atoms with Crippen molar-refractivity contribution in [3.63, 3.8) is 0 Å². The molecule has 0 saturated carbocycles. The van der Waals surface area contributed by atoms with Crippen LogP contribution in [-0.2, 0) is 17.8 Å². The van der Waals surface area contributed by atoms with Gasteiger partial charge in [0.1, 0.15) is 10.8 Å². The van der Waals surface area contributed by atoms with E-state index in [1.807, 2.05) is 12.3 Å². The molecule has 2 rings (SSSR count). The number of amides is 1. The number of thiazole rings is 1. The highest BCUT2D eigenvalue weighted by Crippen LogP contribution is 2.21. The number of carbonyl (C=O) groups excluding carboxylic acids is 1. The Hall–Kier alpha value is -2.32. The largest absolute Gasteiger partial charge is 0.505 e. The topological polar surface area (TPSA) is 108 Å². The van der Waals surface area contributed by atoms with E-state index in [4.69, 9.17) is 0 Å². The lowest BCUT2D eigenvalue weighted by Crippen LogP contribution is -2.19. The first-order valence-electron chi connectivity index (χ1n) is 6.52. The highest BCUT2D eigenvalue weighted by atomic mass is 32.1. The molecular weight excluding hydrogens is 304 g/mol. The molecule has 2 heterocycles. The van der Waals surface area contributed by atoms with Gasteiger partial charge in [-0.15, -0.1) is 11.3 Å². The molecular formula is C14H16N4O3S. The summed E-state index contributed by atoms with van der Waals surface area (Å²) in [4.78, 5) is 19.9. The number of aromatic hydroxyl groups is 1. The average molecular weight is 320 g/mol. The fourth-order valence-corrected chi connectivity index (χ4v) is 2.52. The minimum Gasteiger partial charge on any atom is -0.505 e. The highest BCUT2D eigenvalue weighted by Gasteiger charge is 2.10. The Balaban J connectivity index is 2.03. The maximum atomic E-state index is 11.7. The van der Waals surface area contributed by atoms with Gasteiger partial charge >= 0.3 is 0 Å². The van der Waals surface area contributed by atoms with E-state index in [0.29, 0.717) is 21.8 Å². The van der Waals surface area contributed by atoms with Gasteiger partial charge in [0.25, 0.3) is 0 Å². The molecule has 8 heteroatoms. The quantitative estimate of drug-likeness (QED) is 0.564. The summed E-state index contributed by atoms with van der Waals surface area (Å²) in [7, 11) is 0. The molecule has 3 N–H and O–H groups in total. The average Bonchev–Trinajstić information content (AvgIpc) is 2.88. The van der Waals surface area contributed by atoms with Gasteiger partial charge in [-0.1, -0.05) is 0 Å². The summed E-state index contributed by atoms with van der Waals surface area (Å²) in [5.41, 5.74) is 4.43. The number of hydrogen-bond acceptors (Lipinski definition) is 7. The Bertz CT molecular complexity index is 712. The number of aliphatic hydroxyl groups excluding tert-OH is 1. The van der Waals surface area contributed by atoms with Crippen LogP contribution in [0.2, 0.25) is 0 Å². The number of pyridine rings is 1. The number of aromatic nitrogens is 2. The lowest BCUT2D eigenvalue weighted by atomic mass is 10.1. The molecule has 22 heavy (non-hydrogen) atoms. The second-order valence-electron chi connectivity index (χ2n) is 4.64. The summed E-state index contributed by atoms with van der Waals surface area (Å²) in [6, 6.07) is 0. The number of hydrogen-bond donors (Lipinski definition) is 3. The molecule has 0 aliphatic rings. The monoisotopic (exact) mass is 320 g/mol. The lowest BCUT2D eigenvalue weighted by Gasteiger charge is -2.06. The number of aryl methyl sites for hydroxylation is 2. The van der Waals surface area contributed by atoms with Crippen molar-refractivity contribution in [1.82, 2.24) is 15.4 Å². The van der Waals surface area contributed by atoms with Gasteiger partial charge in [0.2, 0.25) is 5.91 Å². The number of carbonyl (C=O) groups is 1. The predicted octanol–water partition coefficient (Wildman–Crippen LogP) is 1.05. The van der Waals surface area contributed by atoms with Crippen molar-refractivity contribution < 1.29 is 15.0 Å². The molecule has 0 fully saturated rings. The van der Waals surface area contributed by atoms with Crippen molar-refractivity contribution >= 4 is 23.5 Å². The van der Waals surface area contributed by atoms with Crippen LogP contribution in [0.25, 0.3) is 0 Å². The normalized spacial score (nSPS) is 11.0. The molecule has 1 amide bonds. The van der Waals surface area contributed by atoms with Crippen LogP contribution >= 0.6 is 11.3 Å². The summed E-state index contributed by atoms with van der Waals surface area (Å²) < 4.78 is 0. The standard InChI is InChI=1S/C14H16N4O3S/c1-8-7-22-13(17-8)3-12(20)18-16-5-11-10(6-19)4-15-9(2)14(11)21/h4-5,7,19,21H,3,6H2,1-2H3,(H,18,20)/b16-5+. The highest BCUT2D eigenvalue weighted by molar-refractivity contribution is 7.09. The van der Waals surface area contributed by atoms with Crippen molar-refractivity contribution in [2.45, 2.75) is 26.9 Å². The third-order valence-corrected chi connectivity index (χ3v) is 3.86. The molecule has 7 nitrogen and oxygen atoms in total. The van der Waals surface area contributed by atoms with E-state index in [9.17, 15) is 15.0 Å². The summed E-state index contributed by atoms with van der Waals surface area (Å²) >= 11 is 1.41. The molecule has 0 aliphatic carbocycles. The molecule has 0 saturated heterocycles. The molecule has 0 bridgehead atoms. The summed E-state index contributed by atoms with van der Waals surface area (Å²) in [5.74, 6) is -0.374. The van der Waals surface area contributed by atoms with Crippen LogP contribution in [0.3, 0.4) is 0 Å². The van der Waals surface area contributed by atoms with Gasteiger partial charge in [0.15, 0.2) is 0 Å². The van der Waals surface area contributed by atoms with Gasteiger partial charge in [0, 0.05) is 28.4 Å². The second-order valence-corrected chi connectivity index (χ2v) is 5.58. The van der Waals surface area contributed by atoms with Crippen molar-refractivity contribution in [3.8, 4) is 5.75 Å². The maximum Gasteiger partial charge on any atom is 0.246 e. The minimum atomic E-state index is -0.304. The number of rotatable bonds is 5. The molecule has 0 atom stereocenters. The van der Waals surface area contributed by atoms with Crippen molar-refractivity contribution in [2.24, 2.45) is 5.10 Å². The zero-order valence-corrected chi connectivity index (χ0v) is 13.0. The molecule has 0 unspecified atom stereocenters. The summed E-state index contributed by atoms with van der Waals surface area (Å²) in [6.45, 7) is 3.22. The Morgan fingerprint density at radius 2 is 2.27 bits per heavy atom. The molecule has 2 aromatic rings. The van der Waals surface area contributed by atoms with Gasteiger partial charge in [-0.3, -0.25) is 9.78 Å². The van der Waals surface area contributed by atoms with Crippen LogP contribution in [0.1, 0.15) is 27.5 Å². The van der Waals surface area contributed by atoms with Crippen molar-refractivity contribution in [2.75, 3.05) is 0 Å². The van der Waals surface area contributed by atoms with E-state index in [2.05, 4.69) is 20.5 Å². The first-order chi connectivity index (χ1) is 10.5. The van der Waals surface area contributed by atoms with E-state index in [-0.39, 0.29) is 24.7 Å². The maximum absolute atomic E-state index is 11.7. The van der Waals surface area contributed by atoms with Crippen LogP contribution in [0.15, 0.2) is 16.7 Å². The molecule has 0 aliphatic heterocycles. The third kappa shape index (κ3) is 3.86. The zero-order valence-electron chi connectivity index (χ0n) is 12.2. The minimum absolute atomic E-state index is 0.0694. The smallest absolute Gasteiger partial charge is 0.246 e. The van der Waals surface area contributed by atoms with Gasteiger partial charge in [-0.25, -0.2) is 10.4 Å². The fourth-order valence-electron chi connectivity index (χ4n) is 1.75. The van der Waals surface area contributed by atoms with Crippen molar-refractivity contribution in [1.29, 1.82) is 0 Å². The zero-order chi connectivity index (χ0) is 16.1.